The Labute approximate surface area is 156 Å². The predicted octanol–water partition coefficient (Wildman–Crippen LogP) is 5.53. The number of para-hydroxylation sites is 5. The number of nitrogens with zero attached hydrogens (tertiary/aromatic N) is 3. The quantitative estimate of drug-likeness (QED) is 0.448. The maximum absolute atomic E-state index is 4.83. The van der Waals surface area contributed by atoms with Gasteiger partial charge in [0.1, 0.15) is 0 Å². The molecule has 0 amide bonds. The second-order valence-corrected chi connectivity index (χ2v) is 6.73. The zero-order chi connectivity index (χ0) is 18.4. The lowest BCUT2D eigenvalue weighted by Gasteiger charge is -2.23. The van der Waals surface area contributed by atoms with Gasteiger partial charge in [0.2, 0.25) is 11.9 Å². The van der Waals surface area contributed by atoms with Crippen LogP contribution in [0.5, 0.6) is 0 Å². The van der Waals surface area contributed by atoms with Crippen molar-refractivity contribution < 1.29 is 0 Å². The Hall–Kier alpha value is -3.60. The van der Waals surface area contributed by atoms with Gasteiger partial charge in [0, 0.05) is 0 Å². The average molecular weight is 353 g/mol. The Morgan fingerprint density at radius 2 is 1.11 bits per heavy atom. The van der Waals surface area contributed by atoms with Gasteiger partial charge in [-0.25, -0.2) is 14.9 Å². The molecular weight excluding hydrogens is 334 g/mol. The largest absolute Gasteiger partial charge is 0.323 e. The minimum absolute atomic E-state index is 0.743. The molecule has 0 saturated carbocycles. The van der Waals surface area contributed by atoms with Crippen LogP contribution in [0.25, 0.3) is 22.1 Å². The summed E-state index contributed by atoms with van der Waals surface area (Å²) in [7, 11) is 0. The van der Waals surface area contributed by atoms with Gasteiger partial charge in [-0.2, -0.15) is 0 Å². The van der Waals surface area contributed by atoms with Gasteiger partial charge in [0.25, 0.3) is 0 Å². The van der Waals surface area contributed by atoms with Crippen molar-refractivity contribution in [3.8, 4) is 0 Å². The maximum atomic E-state index is 4.83. The van der Waals surface area contributed by atoms with Crippen LogP contribution in [-0.4, -0.2) is 19.9 Å². The summed E-state index contributed by atoms with van der Waals surface area (Å²) in [5, 5.41) is 0. The van der Waals surface area contributed by atoms with Gasteiger partial charge >= 0.3 is 0 Å². The molecule has 0 spiro atoms. The first-order chi connectivity index (χ1) is 13.2. The molecule has 5 nitrogen and oxygen atoms in total. The molecule has 132 valence electrons. The highest BCUT2D eigenvalue weighted by molar-refractivity contribution is 5.85. The number of hydrogen-bond acceptors (Lipinski definition) is 3. The molecule has 0 fully saturated rings. The highest BCUT2D eigenvalue weighted by atomic mass is 15.3. The van der Waals surface area contributed by atoms with Crippen molar-refractivity contribution in [3.05, 3.63) is 77.9 Å². The monoisotopic (exact) mass is 353 g/mol. The second-order valence-electron chi connectivity index (χ2n) is 6.73. The van der Waals surface area contributed by atoms with E-state index in [1.165, 1.54) is 0 Å². The van der Waals surface area contributed by atoms with E-state index in [0.29, 0.717) is 0 Å². The highest BCUT2D eigenvalue weighted by Gasteiger charge is 2.22. The van der Waals surface area contributed by atoms with Gasteiger partial charge in [-0.15, -0.1) is 0 Å². The van der Waals surface area contributed by atoms with Gasteiger partial charge in [-0.3, -0.25) is 0 Å². The molecule has 2 aromatic heterocycles. The van der Waals surface area contributed by atoms with E-state index in [1.54, 1.807) is 0 Å². The van der Waals surface area contributed by atoms with Crippen LogP contribution in [-0.2, 0) is 0 Å². The van der Waals surface area contributed by atoms with Gasteiger partial charge in [-0.05, 0) is 49.2 Å². The zero-order valence-corrected chi connectivity index (χ0v) is 15.2. The predicted molar refractivity (Wildman–Crippen MR) is 110 cm³/mol. The van der Waals surface area contributed by atoms with Crippen molar-refractivity contribution in [2.45, 2.75) is 13.8 Å². The molecule has 0 aliphatic rings. The van der Waals surface area contributed by atoms with Crippen molar-refractivity contribution in [1.29, 1.82) is 0 Å². The normalized spacial score (nSPS) is 11.3. The molecule has 0 aliphatic heterocycles. The van der Waals surface area contributed by atoms with E-state index in [4.69, 9.17) is 9.97 Å². The highest BCUT2D eigenvalue weighted by Crippen LogP contribution is 2.37. The van der Waals surface area contributed by atoms with Crippen molar-refractivity contribution in [2.75, 3.05) is 4.90 Å². The number of benzene rings is 3. The summed E-state index contributed by atoms with van der Waals surface area (Å²) in [4.78, 5) is 18.6. The van der Waals surface area contributed by atoms with Crippen LogP contribution in [0.1, 0.15) is 11.1 Å². The minimum Gasteiger partial charge on any atom is -0.323 e. The first-order valence-electron chi connectivity index (χ1n) is 8.96. The molecule has 5 heteroatoms. The molecule has 0 atom stereocenters. The van der Waals surface area contributed by atoms with Crippen LogP contribution in [0.3, 0.4) is 0 Å². The molecule has 0 radical (unpaired) electrons. The van der Waals surface area contributed by atoms with E-state index in [1.807, 2.05) is 48.5 Å². The number of nitrogens with one attached hydrogen (secondary N) is 2. The van der Waals surface area contributed by atoms with Crippen molar-refractivity contribution in [1.82, 2.24) is 19.9 Å². The standard InChI is InChI=1S/C22H19N5/c1-14-8-7-9-15(2)20(14)27(21-23-16-10-3-4-11-17(16)24-21)22-25-18-12-5-6-13-19(18)26-22/h3-13H,1-2H3,(H,23,24)(H,25,26). The third kappa shape index (κ3) is 2.56. The Kier molecular flexibility index (Phi) is 3.47. The SMILES string of the molecule is Cc1cccc(C)c1N(c1nc2ccccc2[nH]1)c1nc2ccccc2[nH]1. The molecular formula is C22H19N5. The Morgan fingerprint density at radius 1 is 0.630 bits per heavy atom. The lowest BCUT2D eigenvalue weighted by Crippen LogP contribution is -2.15. The minimum atomic E-state index is 0.743. The van der Waals surface area contributed by atoms with Gasteiger partial charge in [0.15, 0.2) is 0 Å². The summed E-state index contributed by atoms with van der Waals surface area (Å²) in [5.41, 5.74) is 7.27. The van der Waals surface area contributed by atoms with Gasteiger partial charge in [-0.1, -0.05) is 42.5 Å². The topological polar surface area (TPSA) is 60.6 Å². The lowest BCUT2D eigenvalue weighted by atomic mass is 10.1. The fraction of sp³-hybridized carbons (Fsp3) is 0.0909. The third-order valence-corrected chi connectivity index (χ3v) is 4.84. The summed E-state index contributed by atoms with van der Waals surface area (Å²) >= 11 is 0. The van der Waals surface area contributed by atoms with Crippen LogP contribution >= 0.6 is 0 Å². The summed E-state index contributed by atoms with van der Waals surface area (Å²) in [6.07, 6.45) is 0. The van der Waals surface area contributed by atoms with Crippen LogP contribution in [0.2, 0.25) is 0 Å². The fourth-order valence-corrected chi connectivity index (χ4v) is 3.56. The molecule has 0 aliphatic carbocycles. The fourth-order valence-electron chi connectivity index (χ4n) is 3.56. The summed E-state index contributed by atoms with van der Waals surface area (Å²) < 4.78 is 0. The number of H-pyrrole nitrogens is 2. The van der Waals surface area contributed by atoms with E-state index in [0.717, 1.165) is 50.8 Å². The Morgan fingerprint density at radius 3 is 1.59 bits per heavy atom. The van der Waals surface area contributed by atoms with E-state index in [2.05, 4.69) is 46.9 Å². The van der Waals surface area contributed by atoms with Crippen LogP contribution in [0, 0.1) is 13.8 Å². The Bertz CT molecular complexity index is 1100. The van der Waals surface area contributed by atoms with E-state index >= 15 is 0 Å². The second kappa shape index (κ2) is 5.99. The number of imidazole rings is 2. The molecule has 2 N–H and O–H groups in total. The zero-order valence-electron chi connectivity index (χ0n) is 15.2. The number of rotatable bonds is 3. The summed E-state index contributed by atoms with van der Waals surface area (Å²) in [6.45, 7) is 4.22. The average Bonchev–Trinajstić information content (AvgIpc) is 3.28. The summed E-state index contributed by atoms with van der Waals surface area (Å²) in [5.74, 6) is 1.49. The molecule has 5 aromatic rings. The number of hydrogen-bond donors (Lipinski definition) is 2. The molecule has 3 aromatic carbocycles. The number of aromatic nitrogens is 4. The van der Waals surface area contributed by atoms with Crippen LogP contribution < -0.4 is 4.90 Å². The number of fused-ring (bicyclic) bond motifs is 2. The molecule has 2 heterocycles. The first-order valence-corrected chi connectivity index (χ1v) is 8.96. The number of anilines is 3. The van der Waals surface area contributed by atoms with E-state index < -0.39 is 0 Å². The van der Waals surface area contributed by atoms with Gasteiger partial charge in [0.05, 0.1) is 27.8 Å². The third-order valence-electron chi connectivity index (χ3n) is 4.84. The van der Waals surface area contributed by atoms with Crippen LogP contribution in [0.4, 0.5) is 17.6 Å². The number of aryl methyl sites for hydroxylation is 2. The number of aromatic amines is 2. The van der Waals surface area contributed by atoms with E-state index in [9.17, 15) is 0 Å². The van der Waals surface area contributed by atoms with Gasteiger partial charge < -0.3 is 9.97 Å². The lowest BCUT2D eigenvalue weighted by molar-refractivity contribution is 1.07. The van der Waals surface area contributed by atoms with Crippen molar-refractivity contribution in [2.24, 2.45) is 0 Å². The van der Waals surface area contributed by atoms with E-state index in [-0.39, 0.29) is 0 Å². The molecule has 5 rings (SSSR count). The smallest absolute Gasteiger partial charge is 0.215 e. The first kappa shape index (κ1) is 15.6. The van der Waals surface area contributed by atoms with Crippen LogP contribution in [0.15, 0.2) is 66.7 Å². The molecule has 0 unspecified atom stereocenters. The molecule has 0 bridgehead atoms. The Balaban J connectivity index is 1.79. The van der Waals surface area contributed by atoms with Crippen molar-refractivity contribution >= 4 is 39.7 Å². The van der Waals surface area contributed by atoms with Crippen molar-refractivity contribution in [3.63, 3.8) is 0 Å². The maximum Gasteiger partial charge on any atom is 0.215 e. The molecule has 27 heavy (non-hydrogen) atoms. The molecule has 0 saturated heterocycles. The summed E-state index contributed by atoms with van der Waals surface area (Å²) in [6, 6.07) is 22.4.